The lowest BCUT2D eigenvalue weighted by molar-refractivity contribution is -0.152. The van der Waals surface area contributed by atoms with Crippen LogP contribution in [-0.2, 0) is 16.0 Å². The van der Waals surface area contributed by atoms with Crippen molar-refractivity contribution in [1.82, 2.24) is 0 Å². The van der Waals surface area contributed by atoms with Crippen molar-refractivity contribution in [3.05, 3.63) is 29.8 Å². The van der Waals surface area contributed by atoms with E-state index in [9.17, 15) is 4.79 Å². The summed E-state index contributed by atoms with van der Waals surface area (Å²) < 4.78 is 10.5. The fourth-order valence-corrected chi connectivity index (χ4v) is 1.78. The van der Waals surface area contributed by atoms with E-state index < -0.39 is 6.10 Å². The molecule has 4 heteroatoms. The molecule has 88 valence electrons. The molecule has 0 saturated carbocycles. The first-order valence-corrected chi connectivity index (χ1v) is 5.51. The molecule has 17 heavy (non-hydrogen) atoms. The Bertz CT molecular complexity index is 464. The van der Waals surface area contributed by atoms with Gasteiger partial charge in [-0.3, -0.25) is 4.79 Å². The standard InChI is InChI=1S/C13H13NO3/c1-9(7-14)17-13(15)11-6-10-4-2-3-5-12(10)16-8-11/h2-5,9,11H,6,8H2,1H3. The molecule has 1 aromatic rings. The molecule has 0 saturated heterocycles. The highest BCUT2D eigenvalue weighted by atomic mass is 16.5. The van der Waals surface area contributed by atoms with Gasteiger partial charge in [-0.25, -0.2) is 0 Å². The van der Waals surface area contributed by atoms with Crippen LogP contribution in [0.2, 0.25) is 0 Å². The summed E-state index contributed by atoms with van der Waals surface area (Å²) in [4.78, 5) is 11.7. The minimum atomic E-state index is -0.709. The summed E-state index contributed by atoms with van der Waals surface area (Å²) in [5.74, 6) is 0.138. The van der Waals surface area contributed by atoms with Crippen molar-refractivity contribution in [3.8, 4) is 11.8 Å². The van der Waals surface area contributed by atoms with Crippen LogP contribution < -0.4 is 4.74 Å². The van der Waals surface area contributed by atoms with Crippen molar-refractivity contribution in [1.29, 1.82) is 5.26 Å². The van der Waals surface area contributed by atoms with Crippen LogP contribution >= 0.6 is 0 Å². The summed E-state index contributed by atoms with van der Waals surface area (Å²) >= 11 is 0. The molecule has 1 heterocycles. The smallest absolute Gasteiger partial charge is 0.314 e. The van der Waals surface area contributed by atoms with E-state index in [1.807, 2.05) is 30.3 Å². The highest BCUT2D eigenvalue weighted by Gasteiger charge is 2.27. The van der Waals surface area contributed by atoms with E-state index in [0.717, 1.165) is 11.3 Å². The van der Waals surface area contributed by atoms with Crippen LogP contribution in [0.15, 0.2) is 24.3 Å². The Kier molecular flexibility index (Phi) is 3.29. The summed E-state index contributed by atoms with van der Waals surface area (Å²) in [6.07, 6.45) is -0.104. The van der Waals surface area contributed by atoms with Gasteiger partial charge < -0.3 is 9.47 Å². The third kappa shape index (κ3) is 2.56. The van der Waals surface area contributed by atoms with Crippen LogP contribution in [0.4, 0.5) is 0 Å². The van der Waals surface area contributed by atoms with Crippen LogP contribution in [0.1, 0.15) is 12.5 Å². The fourth-order valence-electron chi connectivity index (χ4n) is 1.78. The minimum Gasteiger partial charge on any atom is -0.492 e. The number of nitriles is 1. The van der Waals surface area contributed by atoms with Crippen molar-refractivity contribution in [2.75, 3.05) is 6.61 Å². The highest BCUT2D eigenvalue weighted by Crippen LogP contribution is 2.27. The van der Waals surface area contributed by atoms with E-state index in [0.29, 0.717) is 13.0 Å². The first-order chi connectivity index (χ1) is 8.20. The number of hydrogen-bond acceptors (Lipinski definition) is 4. The Balaban J connectivity index is 2.03. The molecule has 1 aliphatic heterocycles. The van der Waals surface area contributed by atoms with E-state index in [1.165, 1.54) is 0 Å². The summed E-state index contributed by atoms with van der Waals surface area (Å²) in [5, 5.41) is 8.58. The molecule has 0 aromatic heterocycles. The summed E-state index contributed by atoms with van der Waals surface area (Å²) in [5.41, 5.74) is 1.00. The van der Waals surface area contributed by atoms with Crippen molar-refractivity contribution >= 4 is 5.97 Å². The summed E-state index contributed by atoms with van der Waals surface area (Å²) in [6.45, 7) is 1.86. The number of carbonyl (C=O) groups excluding carboxylic acids is 1. The van der Waals surface area contributed by atoms with Gasteiger partial charge in [-0.1, -0.05) is 18.2 Å². The molecule has 2 rings (SSSR count). The average Bonchev–Trinajstić information content (AvgIpc) is 2.38. The van der Waals surface area contributed by atoms with Gasteiger partial charge in [0, 0.05) is 0 Å². The predicted octanol–water partition coefficient (Wildman–Crippen LogP) is 1.69. The van der Waals surface area contributed by atoms with Gasteiger partial charge in [0.25, 0.3) is 0 Å². The third-order valence-corrected chi connectivity index (χ3v) is 2.69. The lowest BCUT2D eigenvalue weighted by Gasteiger charge is -2.24. The monoisotopic (exact) mass is 231 g/mol. The maximum absolute atomic E-state index is 11.7. The number of ether oxygens (including phenoxy) is 2. The first-order valence-electron chi connectivity index (χ1n) is 5.51. The Morgan fingerprint density at radius 3 is 3.12 bits per heavy atom. The fraction of sp³-hybridized carbons (Fsp3) is 0.385. The van der Waals surface area contributed by atoms with E-state index in [1.54, 1.807) is 6.92 Å². The van der Waals surface area contributed by atoms with Crippen molar-refractivity contribution in [3.63, 3.8) is 0 Å². The van der Waals surface area contributed by atoms with Crippen LogP contribution in [0.5, 0.6) is 5.75 Å². The Morgan fingerprint density at radius 1 is 1.59 bits per heavy atom. The molecule has 0 fully saturated rings. The predicted molar refractivity (Wildman–Crippen MR) is 60.3 cm³/mol. The normalized spacial score (nSPS) is 19.4. The number of nitrogens with zero attached hydrogens (tertiary/aromatic N) is 1. The summed E-state index contributed by atoms with van der Waals surface area (Å²) in [7, 11) is 0. The van der Waals surface area contributed by atoms with Gasteiger partial charge in [-0.2, -0.15) is 5.26 Å². The second-order valence-corrected chi connectivity index (χ2v) is 4.03. The van der Waals surface area contributed by atoms with Crippen LogP contribution in [-0.4, -0.2) is 18.7 Å². The molecule has 0 radical (unpaired) electrons. The molecule has 1 aromatic carbocycles. The second-order valence-electron chi connectivity index (χ2n) is 4.03. The largest absolute Gasteiger partial charge is 0.492 e. The van der Waals surface area contributed by atoms with Gasteiger partial charge in [0.1, 0.15) is 18.4 Å². The number of hydrogen-bond donors (Lipinski definition) is 0. The zero-order chi connectivity index (χ0) is 12.3. The van der Waals surface area contributed by atoms with Gasteiger partial charge in [0.2, 0.25) is 0 Å². The maximum atomic E-state index is 11.7. The topological polar surface area (TPSA) is 59.3 Å². The molecule has 0 spiro atoms. The molecule has 1 aliphatic rings. The molecule has 0 bridgehead atoms. The number of benzene rings is 1. The molecule has 0 N–H and O–H groups in total. The van der Waals surface area contributed by atoms with Crippen LogP contribution in [0, 0.1) is 17.2 Å². The average molecular weight is 231 g/mol. The Hall–Kier alpha value is -2.02. The highest BCUT2D eigenvalue weighted by molar-refractivity contribution is 5.74. The maximum Gasteiger partial charge on any atom is 0.314 e. The van der Waals surface area contributed by atoms with Gasteiger partial charge in [-0.05, 0) is 25.0 Å². The minimum absolute atomic E-state index is 0.313. The van der Waals surface area contributed by atoms with Crippen molar-refractivity contribution in [2.45, 2.75) is 19.4 Å². The quantitative estimate of drug-likeness (QED) is 0.727. The van der Waals surface area contributed by atoms with Gasteiger partial charge in [0.15, 0.2) is 6.10 Å². The molecule has 2 unspecified atom stereocenters. The number of esters is 1. The van der Waals surface area contributed by atoms with E-state index in [-0.39, 0.29) is 11.9 Å². The SMILES string of the molecule is CC(C#N)OC(=O)C1COc2ccccc2C1. The molecule has 4 nitrogen and oxygen atoms in total. The number of para-hydroxylation sites is 1. The van der Waals surface area contributed by atoms with E-state index in [2.05, 4.69) is 0 Å². The Labute approximate surface area is 99.8 Å². The molecule has 2 atom stereocenters. The molecular formula is C13H13NO3. The molecule has 0 amide bonds. The first kappa shape index (κ1) is 11.5. The number of carbonyl (C=O) groups is 1. The van der Waals surface area contributed by atoms with Crippen molar-refractivity contribution < 1.29 is 14.3 Å². The van der Waals surface area contributed by atoms with Crippen LogP contribution in [0.3, 0.4) is 0 Å². The third-order valence-electron chi connectivity index (χ3n) is 2.69. The Morgan fingerprint density at radius 2 is 2.35 bits per heavy atom. The van der Waals surface area contributed by atoms with Gasteiger partial charge in [-0.15, -0.1) is 0 Å². The van der Waals surface area contributed by atoms with Crippen molar-refractivity contribution in [2.24, 2.45) is 5.92 Å². The van der Waals surface area contributed by atoms with Crippen LogP contribution in [0.25, 0.3) is 0 Å². The zero-order valence-electron chi connectivity index (χ0n) is 9.55. The zero-order valence-corrected chi connectivity index (χ0v) is 9.55. The molecule has 0 aliphatic carbocycles. The van der Waals surface area contributed by atoms with Gasteiger partial charge in [0.05, 0.1) is 5.92 Å². The van der Waals surface area contributed by atoms with E-state index >= 15 is 0 Å². The number of fused-ring (bicyclic) bond motifs is 1. The number of rotatable bonds is 2. The second kappa shape index (κ2) is 4.88. The lowest BCUT2D eigenvalue weighted by atomic mass is 9.97. The molecular weight excluding hydrogens is 218 g/mol. The van der Waals surface area contributed by atoms with E-state index in [4.69, 9.17) is 14.7 Å². The van der Waals surface area contributed by atoms with Gasteiger partial charge >= 0.3 is 5.97 Å². The summed E-state index contributed by atoms with van der Waals surface area (Å²) in [6, 6.07) is 9.50. The lowest BCUT2D eigenvalue weighted by Crippen LogP contribution is -2.31.